The summed E-state index contributed by atoms with van der Waals surface area (Å²) in [4.78, 5) is 12.8. The predicted molar refractivity (Wildman–Crippen MR) is 154 cm³/mol. The van der Waals surface area contributed by atoms with Gasteiger partial charge in [-0.15, -0.1) is 0 Å². The molecule has 0 aromatic heterocycles. The standard InChI is InChI=1S/C34H49ClO2/c1-22(2)9-8-10-23(3)28-15-16-29-26-14-13-24-21-25(37-32(36)27-11-6-7-12-31(27)35)17-19-33(24,4)30(26)18-20-34(28,29)5/h6-7,11-13,22-23,25-26,28-30H,8-10,14-21H2,1-5H3. The van der Waals surface area contributed by atoms with E-state index in [1.165, 1.54) is 51.4 Å². The maximum Gasteiger partial charge on any atom is 0.339 e. The number of ether oxygens (including phenoxy) is 1. The van der Waals surface area contributed by atoms with Crippen LogP contribution in [0.5, 0.6) is 0 Å². The molecule has 0 radical (unpaired) electrons. The number of halogens is 1. The van der Waals surface area contributed by atoms with Crippen LogP contribution in [0.2, 0.25) is 5.02 Å². The highest BCUT2D eigenvalue weighted by atomic mass is 35.5. The number of allylic oxidation sites excluding steroid dienone is 1. The van der Waals surface area contributed by atoms with Crippen molar-refractivity contribution < 1.29 is 9.53 Å². The minimum atomic E-state index is -0.276. The van der Waals surface area contributed by atoms with Gasteiger partial charge in [0, 0.05) is 6.42 Å². The first kappa shape index (κ1) is 27.3. The van der Waals surface area contributed by atoms with Crippen LogP contribution in [-0.2, 0) is 4.74 Å². The lowest BCUT2D eigenvalue weighted by atomic mass is 9.47. The van der Waals surface area contributed by atoms with Crippen molar-refractivity contribution in [3.63, 3.8) is 0 Å². The van der Waals surface area contributed by atoms with Crippen LogP contribution in [0.15, 0.2) is 35.9 Å². The lowest BCUT2D eigenvalue weighted by Gasteiger charge is -2.58. The van der Waals surface area contributed by atoms with Crippen molar-refractivity contribution in [2.75, 3.05) is 0 Å². The van der Waals surface area contributed by atoms with Crippen LogP contribution in [0.25, 0.3) is 0 Å². The number of esters is 1. The van der Waals surface area contributed by atoms with Gasteiger partial charge in [0.05, 0.1) is 10.6 Å². The first-order chi connectivity index (χ1) is 17.6. The Kier molecular flexibility index (Phi) is 7.90. The van der Waals surface area contributed by atoms with Crippen molar-refractivity contribution in [2.24, 2.45) is 46.3 Å². The zero-order chi connectivity index (χ0) is 26.4. The van der Waals surface area contributed by atoms with Crippen molar-refractivity contribution in [1.82, 2.24) is 0 Å². The monoisotopic (exact) mass is 524 g/mol. The number of hydrogen-bond acceptors (Lipinski definition) is 2. The molecule has 0 heterocycles. The number of fused-ring (bicyclic) bond motifs is 5. The summed E-state index contributed by atoms with van der Waals surface area (Å²) >= 11 is 6.26. The van der Waals surface area contributed by atoms with Gasteiger partial charge in [-0.1, -0.05) is 89.3 Å². The van der Waals surface area contributed by atoms with Gasteiger partial charge in [-0.25, -0.2) is 4.79 Å². The third-order valence-corrected chi connectivity index (χ3v) is 12.0. The van der Waals surface area contributed by atoms with Crippen molar-refractivity contribution in [3.8, 4) is 0 Å². The van der Waals surface area contributed by atoms with Crippen LogP contribution in [-0.4, -0.2) is 12.1 Å². The molecule has 5 rings (SSSR count). The Morgan fingerprint density at radius 2 is 1.81 bits per heavy atom. The van der Waals surface area contributed by atoms with Gasteiger partial charge in [-0.05, 0) is 103 Å². The highest BCUT2D eigenvalue weighted by Crippen LogP contribution is 2.67. The van der Waals surface area contributed by atoms with Crippen molar-refractivity contribution in [1.29, 1.82) is 0 Å². The van der Waals surface area contributed by atoms with Crippen molar-refractivity contribution >= 4 is 17.6 Å². The molecule has 3 heteroatoms. The highest BCUT2D eigenvalue weighted by Gasteiger charge is 2.59. The minimum absolute atomic E-state index is 0.0314. The fourth-order valence-electron chi connectivity index (χ4n) is 9.59. The van der Waals surface area contributed by atoms with Crippen LogP contribution in [0.1, 0.15) is 116 Å². The topological polar surface area (TPSA) is 26.3 Å². The zero-order valence-electron chi connectivity index (χ0n) is 23.9. The molecule has 4 aliphatic rings. The summed E-state index contributed by atoms with van der Waals surface area (Å²) < 4.78 is 6.00. The smallest absolute Gasteiger partial charge is 0.339 e. The molecule has 0 bridgehead atoms. The third-order valence-electron chi connectivity index (χ3n) is 11.6. The van der Waals surface area contributed by atoms with Gasteiger partial charge < -0.3 is 4.74 Å². The summed E-state index contributed by atoms with van der Waals surface area (Å²) in [5.74, 6) is 4.83. The van der Waals surface area contributed by atoms with Gasteiger partial charge in [0.15, 0.2) is 0 Å². The number of hydrogen-bond donors (Lipinski definition) is 0. The maximum absolute atomic E-state index is 12.8. The Labute approximate surface area is 231 Å². The Morgan fingerprint density at radius 1 is 1.03 bits per heavy atom. The average molecular weight is 525 g/mol. The Hall–Kier alpha value is -1.28. The average Bonchev–Trinajstić information content (AvgIpc) is 3.21. The Balaban J connectivity index is 1.26. The molecular weight excluding hydrogens is 476 g/mol. The molecule has 8 atom stereocenters. The molecule has 204 valence electrons. The lowest BCUT2D eigenvalue weighted by molar-refractivity contribution is -0.0594. The molecule has 1 aromatic rings. The van der Waals surface area contributed by atoms with Crippen LogP contribution in [0, 0.1) is 46.3 Å². The number of carbonyl (C=O) groups excluding carboxylic acids is 1. The van der Waals surface area contributed by atoms with Gasteiger partial charge in [0.25, 0.3) is 0 Å². The van der Waals surface area contributed by atoms with Crippen LogP contribution >= 0.6 is 11.6 Å². The molecule has 1 aromatic carbocycles. The van der Waals surface area contributed by atoms with Crippen molar-refractivity contribution in [3.05, 3.63) is 46.5 Å². The van der Waals surface area contributed by atoms with E-state index in [4.69, 9.17) is 16.3 Å². The normalized spacial score (nSPS) is 37.8. The summed E-state index contributed by atoms with van der Waals surface area (Å²) in [5, 5.41) is 0.474. The van der Waals surface area contributed by atoms with E-state index < -0.39 is 0 Å². The molecule has 2 nitrogen and oxygen atoms in total. The van der Waals surface area contributed by atoms with E-state index in [2.05, 4.69) is 40.7 Å². The maximum atomic E-state index is 12.8. The fraction of sp³-hybridized carbons (Fsp3) is 0.735. The second-order valence-electron chi connectivity index (χ2n) is 14.0. The summed E-state index contributed by atoms with van der Waals surface area (Å²) in [6, 6.07) is 7.22. The van der Waals surface area contributed by atoms with Crippen molar-refractivity contribution in [2.45, 2.75) is 111 Å². The Morgan fingerprint density at radius 3 is 2.57 bits per heavy atom. The summed E-state index contributed by atoms with van der Waals surface area (Å²) in [5.41, 5.74) is 2.86. The Bertz CT molecular complexity index is 1010. The van der Waals surface area contributed by atoms with E-state index in [0.29, 0.717) is 16.0 Å². The predicted octanol–water partition coefficient (Wildman–Crippen LogP) is 9.91. The molecule has 0 saturated heterocycles. The summed E-state index contributed by atoms with van der Waals surface area (Å²) in [7, 11) is 0. The molecule has 8 unspecified atom stereocenters. The van der Waals surface area contributed by atoms with E-state index in [1.54, 1.807) is 17.7 Å². The zero-order valence-corrected chi connectivity index (χ0v) is 24.7. The van der Waals surface area contributed by atoms with Gasteiger partial charge in [0.1, 0.15) is 6.10 Å². The lowest BCUT2D eigenvalue weighted by Crippen LogP contribution is -2.51. The van der Waals surface area contributed by atoms with E-state index in [0.717, 1.165) is 54.8 Å². The molecule has 0 spiro atoms. The molecule has 3 fully saturated rings. The second kappa shape index (κ2) is 10.7. The SMILES string of the molecule is CC(C)CCCC(C)C1CCC2C3CC=C4CC(OC(=O)c5ccccc5Cl)CCC4(C)C3CCC12C. The summed E-state index contributed by atoms with van der Waals surface area (Å²) in [6.07, 6.45) is 16.6. The van der Waals surface area contributed by atoms with E-state index in [9.17, 15) is 4.79 Å². The van der Waals surface area contributed by atoms with Gasteiger partial charge in [-0.2, -0.15) is 0 Å². The fourth-order valence-corrected chi connectivity index (χ4v) is 9.81. The molecule has 4 aliphatic carbocycles. The van der Waals surface area contributed by atoms with Crippen LogP contribution in [0.4, 0.5) is 0 Å². The number of carbonyl (C=O) groups is 1. The molecule has 0 aliphatic heterocycles. The van der Waals surface area contributed by atoms with E-state index >= 15 is 0 Å². The largest absolute Gasteiger partial charge is 0.458 e. The van der Waals surface area contributed by atoms with Crippen LogP contribution in [0.3, 0.4) is 0 Å². The molecule has 3 saturated carbocycles. The number of benzene rings is 1. The highest BCUT2D eigenvalue weighted by molar-refractivity contribution is 6.33. The molecule has 0 N–H and O–H groups in total. The van der Waals surface area contributed by atoms with Gasteiger partial charge in [-0.3, -0.25) is 0 Å². The number of rotatable bonds is 7. The van der Waals surface area contributed by atoms with Crippen LogP contribution < -0.4 is 0 Å². The molecule has 0 amide bonds. The first-order valence-electron chi connectivity index (χ1n) is 15.3. The molecular formula is C34H49ClO2. The third kappa shape index (κ3) is 5.06. The summed E-state index contributed by atoms with van der Waals surface area (Å²) in [6.45, 7) is 12.5. The van der Waals surface area contributed by atoms with Gasteiger partial charge >= 0.3 is 5.97 Å². The second-order valence-corrected chi connectivity index (χ2v) is 14.4. The van der Waals surface area contributed by atoms with E-state index in [1.807, 2.05) is 12.1 Å². The van der Waals surface area contributed by atoms with Gasteiger partial charge in [0.2, 0.25) is 0 Å². The van der Waals surface area contributed by atoms with E-state index in [-0.39, 0.29) is 17.5 Å². The first-order valence-corrected chi connectivity index (χ1v) is 15.7. The quantitative estimate of drug-likeness (QED) is 0.262. The minimum Gasteiger partial charge on any atom is -0.458 e. The molecule has 37 heavy (non-hydrogen) atoms.